The van der Waals surface area contributed by atoms with Crippen LogP contribution >= 0.6 is 0 Å². The quantitative estimate of drug-likeness (QED) is 0.666. The largest absolute Gasteiger partial charge is 0.379 e. The van der Waals surface area contributed by atoms with E-state index in [0.717, 1.165) is 37.1 Å². The molecular weight excluding hydrogens is 342 g/mol. The van der Waals surface area contributed by atoms with E-state index >= 15 is 0 Å². The fourth-order valence-electron chi connectivity index (χ4n) is 4.47. The highest BCUT2D eigenvalue weighted by molar-refractivity contribution is 5.40. The van der Waals surface area contributed by atoms with Gasteiger partial charge in [-0.2, -0.15) is 0 Å². The van der Waals surface area contributed by atoms with E-state index in [1.807, 2.05) is 0 Å². The van der Waals surface area contributed by atoms with E-state index in [1.165, 1.54) is 16.7 Å². The second-order valence-electron chi connectivity index (χ2n) is 8.11. The fourth-order valence-corrected chi connectivity index (χ4v) is 4.47. The minimum atomic E-state index is -1.02. The highest BCUT2D eigenvalue weighted by Crippen LogP contribution is 2.41. The van der Waals surface area contributed by atoms with Crippen molar-refractivity contribution in [3.63, 3.8) is 0 Å². The Morgan fingerprint density at radius 3 is 1.89 bits per heavy atom. The van der Waals surface area contributed by atoms with Gasteiger partial charge in [-0.05, 0) is 49.9 Å². The van der Waals surface area contributed by atoms with Crippen LogP contribution in [-0.4, -0.2) is 22.6 Å². The van der Waals surface area contributed by atoms with Gasteiger partial charge in [0.05, 0.1) is 0 Å². The van der Waals surface area contributed by atoms with Crippen LogP contribution in [0.25, 0.3) is 0 Å². The summed E-state index contributed by atoms with van der Waals surface area (Å²) in [6, 6.07) is 27.4. The molecule has 1 aliphatic heterocycles. The molecule has 0 saturated carbocycles. The van der Waals surface area contributed by atoms with Gasteiger partial charge in [-0.15, -0.1) is 0 Å². The van der Waals surface area contributed by atoms with Crippen molar-refractivity contribution >= 4 is 0 Å². The number of nitrogens with zero attached hydrogens (tertiary/aromatic N) is 1. The van der Waals surface area contributed by atoms with Crippen LogP contribution in [0.15, 0.2) is 78.9 Å². The van der Waals surface area contributed by atoms with Gasteiger partial charge in [0.25, 0.3) is 0 Å². The zero-order chi connectivity index (χ0) is 19.6. The molecular formula is C26H29NO. The number of likely N-dealkylation sites (tertiary alicyclic amines) is 1. The number of aryl methyl sites for hydroxylation is 2. The molecule has 1 fully saturated rings. The molecule has 1 heterocycles. The molecule has 1 saturated heterocycles. The fraction of sp³-hybridized carbons (Fsp3) is 0.308. The first-order valence-electron chi connectivity index (χ1n) is 10.2. The molecule has 3 aromatic rings. The Bertz CT molecular complexity index is 854. The lowest BCUT2D eigenvalue weighted by Gasteiger charge is -2.40. The first-order chi connectivity index (χ1) is 13.6. The summed E-state index contributed by atoms with van der Waals surface area (Å²) in [7, 11) is 0. The molecule has 0 aliphatic carbocycles. The van der Waals surface area contributed by atoms with E-state index in [4.69, 9.17) is 0 Å². The normalized spacial score (nSPS) is 17.8. The Morgan fingerprint density at radius 1 is 0.821 bits per heavy atom. The third-order valence-electron chi connectivity index (χ3n) is 6.06. The average Bonchev–Trinajstić information content (AvgIpc) is 3.18. The SMILES string of the molecule is Cc1ccc(C(O)(c2ccc(C)cc2)C2CCCN2Cc2ccccc2)cc1. The second-order valence-corrected chi connectivity index (χ2v) is 8.11. The van der Waals surface area contributed by atoms with Gasteiger partial charge in [0.15, 0.2) is 0 Å². The predicted octanol–water partition coefficient (Wildman–Crippen LogP) is 5.20. The van der Waals surface area contributed by atoms with Crippen LogP contribution in [0.4, 0.5) is 0 Å². The smallest absolute Gasteiger partial charge is 0.130 e. The Hall–Kier alpha value is -2.42. The zero-order valence-electron chi connectivity index (χ0n) is 16.8. The van der Waals surface area contributed by atoms with Crippen molar-refractivity contribution in [3.8, 4) is 0 Å². The number of hydrogen-bond donors (Lipinski definition) is 1. The highest BCUT2D eigenvalue weighted by atomic mass is 16.3. The van der Waals surface area contributed by atoms with Gasteiger partial charge in [-0.3, -0.25) is 4.90 Å². The predicted molar refractivity (Wildman–Crippen MR) is 115 cm³/mol. The summed E-state index contributed by atoms with van der Waals surface area (Å²) in [5.41, 5.74) is 4.65. The number of hydrogen-bond acceptors (Lipinski definition) is 2. The summed E-state index contributed by atoms with van der Waals surface area (Å²) >= 11 is 0. The zero-order valence-corrected chi connectivity index (χ0v) is 16.8. The molecule has 1 aliphatic rings. The molecule has 144 valence electrons. The minimum Gasteiger partial charge on any atom is -0.379 e. The third-order valence-corrected chi connectivity index (χ3v) is 6.06. The van der Waals surface area contributed by atoms with Crippen LogP contribution in [0.1, 0.15) is 40.7 Å². The molecule has 1 N–H and O–H groups in total. The molecule has 0 bridgehead atoms. The van der Waals surface area contributed by atoms with Crippen molar-refractivity contribution in [2.24, 2.45) is 0 Å². The summed E-state index contributed by atoms with van der Waals surface area (Å²) in [5, 5.41) is 12.2. The van der Waals surface area contributed by atoms with Crippen LogP contribution in [0.3, 0.4) is 0 Å². The summed E-state index contributed by atoms with van der Waals surface area (Å²) in [4.78, 5) is 2.45. The maximum Gasteiger partial charge on any atom is 0.130 e. The number of rotatable bonds is 5. The molecule has 0 radical (unpaired) electrons. The van der Waals surface area contributed by atoms with Crippen molar-refractivity contribution < 1.29 is 5.11 Å². The monoisotopic (exact) mass is 371 g/mol. The first-order valence-corrected chi connectivity index (χ1v) is 10.2. The molecule has 1 atom stereocenters. The lowest BCUT2D eigenvalue weighted by atomic mass is 9.78. The molecule has 2 nitrogen and oxygen atoms in total. The van der Waals surface area contributed by atoms with E-state index in [-0.39, 0.29) is 6.04 Å². The molecule has 0 spiro atoms. The number of benzene rings is 3. The van der Waals surface area contributed by atoms with Gasteiger partial charge in [-0.1, -0.05) is 90.0 Å². The van der Waals surface area contributed by atoms with Gasteiger partial charge < -0.3 is 5.11 Å². The molecule has 0 amide bonds. The third kappa shape index (κ3) is 3.63. The van der Waals surface area contributed by atoms with Crippen molar-refractivity contribution in [2.75, 3.05) is 6.54 Å². The Kier molecular flexibility index (Phi) is 5.34. The summed E-state index contributed by atoms with van der Waals surface area (Å²) < 4.78 is 0. The van der Waals surface area contributed by atoms with Crippen molar-refractivity contribution in [1.82, 2.24) is 4.90 Å². The van der Waals surface area contributed by atoms with Gasteiger partial charge in [0, 0.05) is 12.6 Å². The van der Waals surface area contributed by atoms with E-state index < -0.39 is 5.60 Å². The average molecular weight is 372 g/mol. The first kappa shape index (κ1) is 18.9. The number of aliphatic hydroxyl groups is 1. The van der Waals surface area contributed by atoms with Crippen LogP contribution in [0, 0.1) is 13.8 Å². The van der Waals surface area contributed by atoms with Gasteiger partial charge in [0.2, 0.25) is 0 Å². The molecule has 4 rings (SSSR count). The molecule has 2 heteroatoms. The maximum absolute atomic E-state index is 12.2. The lowest BCUT2D eigenvalue weighted by molar-refractivity contribution is -0.00654. The standard InChI is InChI=1S/C26H29NO/c1-20-10-14-23(15-11-20)26(28,24-16-12-21(2)13-17-24)25-9-6-18-27(25)19-22-7-4-3-5-8-22/h3-5,7-8,10-17,25,28H,6,9,18-19H2,1-2H3. The topological polar surface area (TPSA) is 23.5 Å². The van der Waals surface area contributed by atoms with E-state index in [9.17, 15) is 5.11 Å². The molecule has 0 aromatic heterocycles. The van der Waals surface area contributed by atoms with Gasteiger partial charge in [-0.25, -0.2) is 0 Å². The van der Waals surface area contributed by atoms with Crippen LogP contribution in [-0.2, 0) is 12.1 Å². The van der Waals surface area contributed by atoms with Crippen molar-refractivity contribution in [3.05, 3.63) is 107 Å². The van der Waals surface area contributed by atoms with Gasteiger partial charge >= 0.3 is 0 Å². The molecule has 3 aromatic carbocycles. The summed E-state index contributed by atoms with van der Waals surface area (Å²) in [6.07, 6.45) is 2.10. The Balaban J connectivity index is 1.76. The Labute approximate surface area is 168 Å². The lowest BCUT2D eigenvalue weighted by Crippen LogP contribution is -2.48. The Morgan fingerprint density at radius 2 is 1.36 bits per heavy atom. The summed E-state index contributed by atoms with van der Waals surface area (Å²) in [6.45, 7) is 6.06. The van der Waals surface area contributed by atoms with E-state index in [1.54, 1.807) is 0 Å². The van der Waals surface area contributed by atoms with Crippen LogP contribution in [0.5, 0.6) is 0 Å². The summed E-state index contributed by atoms with van der Waals surface area (Å²) in [5.74, 6) is 0. The van der Waals surface area contributed by atoms with E-state index in [0.29, 0.717) is 0 Å². The molecule has 28 heavy (non-hydrogen) atoms. The molecule has 1 unspecified atom stereocenters. The minimum absolute atomic E-state index is 0.0538. The van der Waals surface area contributed by atoms with Gasteiger partial charge in [0.1, 0.15) is 5.60 Å². The van der Waals surface area contributed by atoms with Crippen LogP contribution < -0.4 is 0 Å². The highest BCUT2D eigenvalue weighted by Gasteiger charge is 2.45. The van der Waals surface area contributed by atoms with E-state index in [2.05, 4.69) is 97.6 Å². The maximum atomic E-state index is 12.2. The van der Waals surface area contributed by atoms with Crippen molar-refractivity contribution in [1.29, 1.82) is 0 Å². The second kappa shape index (κ2) is 7.90. The van der Waals surface area contributed by atoms with Crippen molar-refractivity contribution in [2.45, 2.75) is 44.9 Å². The van der Waals surface area contributed by atoms with Crippen LogP contribution in [0.2, 0.25) is 0 Å².